The van der Waals surface area contributed by atoms with Crippen LogP contribution in [0.15, 0.2) is 47.8 Å². The number of hydrogen-bond donors (Lipinski definition) is 2. The van der Waals surface area contributed by atoms with Gasteiger partial charge >= 0.3 is 0 Å². The fourth-order valence-electron chi connectivity index (χ4n) is 3.25. The molecule has 6 nitrogen and oxygen atoms in total. The summed E-state index contributed by atoms with van der Waals surface area (Å²) in [4.78, 5) is 39.1. The molecule has 1 saturated heterocycles. The number of carbonyl (C=O) groups excluding carboxylic acids is 3. The average molecular weight is 400 g/mol. The molecule has 1 fully saturated rings. The third-order valence-corrected chi connectivity index (χ3v) is 5.73. The molecule has 0 aliphatic carbocycles. The zero-order chi connectivity index (χ0) is 19.8. The van der Waals surface area contributed by atoms with Crippen molar-refractivity contribution in [3.8, 4) is 0 Å². The fourth-order valence-corrected chi connectivity index (χ4v) is 3.89. The van der Waals surface area contributed by atoms with E-state index in [0.29, 0.717) is 50.2 Å². The van der Waals surface area contributed by atoms with Gasteiger partial charge in [0.15, 0.2) is 0 Å². The van der Waals surface area contributed by atoms with Crippen LogP contribution in [0, 0.1) is 5.92 Å². The van der Waals surface area contributed by atoms with E-state index in [4.69, 9.17) is 0 Å². The number of piperidine rings is 1. The van der Waals surface area contributed by atoms with E-state index in [1.807, 2.05) is 46.7 Å². The van der Waals surface area contributed by atoms with Crippen molar-refractivity contribution in [1.29, 1.82) is 0 Å². The molecule has 3 rings (SSSR count). The highest BCUT2D eigenvalue weighted by molar-refractivity contribution is 7.12. The van der Waals surface area contributed by atoms with Crippen LogP contribution in [0.25, 0.3) is 0 Å². The molecule has 1 aromatic heterocycles. The number of hydrogen-bond acceptors (Lipinski definition) is 4. The number of benzene rings is 1. The maximum Gasteiger partial charge on any atom is 0.261 e. The zero-order valence-electron chi connectivity index (χ0n) is 15.7. The summed E-state index contributed by atoms with van der Waals surface area (Å²) in [5.41, 5.74) is 0.801. The molecule has 1 aliphatic heterocycles. The van der Waals surface area contributed by atoms with E-state index in [-0.39, 0.29) is 23.6 Å². The van der Waals surface area contributed by atoms with Gasteiger partial charge in [0, 0.05) is 37.7 Å². The molecule has 7 heteroatoms. The van der Waals surface area contributed by atoms with Crippen molar-refractivity contribution >= 4 is 34.7 Å². The third-order valence-electron chi connectivity index (χ3n) is 4.86. The first-order chi connectivity index (χ1) is 13.6. The average Bonchev–Trinajstić information content (AvgIpc) is 3.27. The second-order valence-electron chi connectivity index (χ2n) is 6.85. The second-order valence-corrected chi connectivity index (χ2v) is 7.79. The van der Waals surface area contributed by atoms with Crippen LogP contribution < -0.4 is 10.6 Å². The van der Waals surface area contributed by atoms with E-state index in [9.17, 15) is 14.4 Å². The van der Waals surface area contributed by atoms with Crippen LogP contribution in [0.4, 0.5) is 5.69 Å². The maximum absolute atomic E-state index is 12.4. The van der Waals surface area contributed by atoms with Gasteiger partial charge in [-0.15, -0.1) is 11.3 Å². The van der Waals surface area contributed by atoms with Gasteiger partial charge in [0.05, 0.1) is 4.88 Å². The van der Waals surface area contributed by atoms with Gasteiger partial charge in [-0.2, -0.15) is 0 Å². The lowest BCUT2D eigenvalue weighted by atomic mass is 9.95. The number of carbonyl (C=O) groups is 3. The van der Waals surface area contributed by atoms with E-state index in [2.05, 4.69) is 10.6 Å². The van der Waals surface area contributed by atoms with E-state index in [0.717, 1.165) is 5.69 Å². The van der Waals surface area contributed by atoms with Gasteiger partial charge in [-0.25, -0.2) is 0 Å². The molecule has 3 amide bonds. The molecule has 2 aromatic rings. The minimum atomic E-state index is -0.0901. The van der Waals surface area contributed by atoms with Crippen molar-refractivity contribution in [3.05, 3.63) is 52.7 Å². The third kappa shape index (κ3) is 5.66. The normalized spacial score (nSPS) is 14.5. The smallest absolute Gasteiger partial charge is 0.261 e. The van der Waals surface area contributed by atoms with Crippen LogP contribution in [0.5, 0.6) is 0 Å². The summed E-state index contributed by atoms with van der Waals surface area (Å²) in [5, 5.41) is 7.64. The number of para-hydroxylation sites is 1. The Labute approximate surface area is 168 Å². The van der Waals surface area contributed by atoms with Crippen molar-refractivity contribution in [1.82, 2.24) is 10.2 Å². The number of likely N-dealkylation sites (tertiary alicyclic amines) is 1. The van der Waals surface area contributed by atoms with Gasteiger partial charge < -0.3 is 15.5 Å². The lowest BCUT2D eigenvalue weighted by Crippen LogP contribution is -2.41. The summed E-state index contributed by atoms with van der Waals surface area (Å²) in [6.07, 6.45) is 2.38. The Kier molecular flexibility index (Phi) is 7.19. The Bertz CT molecular complexity index is 784. The molecule has 1 aliphatic rings. The summed E-state index contributed by atoms with van der Waals surface area (Å²) in [7, 11) is 0. The van der Waals surface area contributed by atoms with Crippen LogP contribution in [0.1, 0.15) is 35.4 Å². The van der Waals surface area contributed by atoms with Gasteiger partial charge in [0.1, 0.15) is 0 Å². The van der Waals surface area contributed by atoms with Crippen LogP contribution in [-0.4, -0.2) is 42.3 Å². The van der Waals surface area contributed by atoms with E-state index in [1.165, 1.54) is 11.3 Å². The van der Waals surface area contributed by atoms with Gasteiger partial charge in [-0.05, 0) is 42.8 Å². The highest BCUT2D eigenvalue weighted by Gasteiger charge is 2.27. The number of rotatable bonds is 7. The molecule has 2 heterocycles. The summed E-state index contributed by atoms with van der Waals surface area (Å²) >= 11 is 1.40. The number of nitrogens with one attached hydrogen (secondary N) is 2. The number of nitrogens with zero attached hydrogens (tertiary/aromatic N) is 1. The number of thiophene rings is 1. The molecule has 0 saturated carbocycles. The minimum Gasteiger partial charge on any atom is -0.351 e. The molecule has 0 bridgehead atoms. The first-order valence-corrected chi connectivity index (χ1v) is 10.5. The molecule has 0 unspecified atom stereocenters. The highest BCUT2D eigenvalue weighted by atomic mass is 32.1. The quantitative estimate of drug-likeness (QED) is 0.702. The standard InChI is InChI=1S/C21H25N3O3S/c25-19(9-4-12-22-21(27)18-8-5-15-28-18)24-13-10-16(11-14-24)20(26)23-17-6-2-1-3-7-17/h1-3,5-8,15-16H,4,9-14H2,(H,22,27)(H,23,26). The Balaban J connectivity index is 1.33. The topological polar surface area (TPSA) is 78.5 Å². The predicted octanol–water partition coefficient (Wildman–Crippen LogP) is 3.14. The molecule has 0 spiro atoms. The molecule has 1 aromatic carbocycles. The summed E-state index contributed by atoms with van der Waals surface area (Å²) in [6.45, 7) is 1.69. The largest absolute Gasteiger partial charge is 0.351 e. The molecule has 2 N–H and O–H groups in total. The molecule has 0 atom stereocenters. The first kappa shape index (κ1) is 20.1. The Morgan fingerprint density at radius 3 is 2.46 bits per heavy atom. The van der Waals surface area contributed by atoms with Crippen molar-refractivity contribution in [2.24, 2.45) is 5.92 Å². The highest BCUT2D eigenvalue weighted by Crippen LogP contribution is 2.20. The number of amides is 3. The zero-order valence-corrected chi connectivity index (χ0v) is 16.5. The van der Waals surface area contributed by atoms with Gasteiger partial charge in [0.25, 0.3) is 5.91 Å². The summed E-state index contributed by atoms with van der Waals surface area (Å²) in [5.74, 6) is -0.0380. The maximum atomic E-state index is 12.4. The number of anilines is 1. The van der Waals surface area contributed by atoms with Gasteiger partial charge in [0.2, 0.25) is 11.8 Å². The predicted molar refractivity (Wildman–Crippen MR) is 110 cm³/mol. The van der Waals surface area contributed by atoms with Gasteiger partial charge in [-0.1, -0.05) is 24.3 Å². The molecule has 0 radical (unpaired) electrons. The SMILES string of the molecule is O=C(NCCCC(=O)N1CCC(C(=O)Nc2ccccc2)CC1)c1cccs1. The van der Waals surface area contributed by atoms with Crippen molar-refractivity contribution < 1.29 is 14.4 Å². The molecule has 28 heavy (non-hydrogen) atoms. The van der Waals surface area contributed by atoms with Crippen molar-refractivity contribution in [2.45, 2.75) is 25.7 Å². The van der Waals surface area contributed by atoms with Gasteiger partial charge in [-0.3, -0.25) is 14.4 Å². The van der Waals surface area contributed by atoms with Crippen LogP contribution in [0.2, 0.25) is 0 Å². The van der Waals surface area contributed by atoms with Crippen LogP contribution >= 0.6 is 11.3 Å². The lowest BCUT2D eigenvalue weighted by Gasteiger charge is -2.31. The summed E-state index contributed by atoms with van der Waals surface area (Å²) in [6, 6.07) is 13.0. The second kappa shape index (κ2) is 10.0. The molecular formula is C21H25N3O3S. The first-order valence-electron chi connectivity index (χ1n) is 9.59. The van der Waals surface area contributed by atoms with Crippen molar-refractivity contribution in [2.75, 3.05) is 25.0 Å². The lowest BCUT2D eigenvalue weighted by molar-refractivity contribution is -0.134. The monoisotopic (exact) mass is 399 g/mol. The van der Waals surface area contributed by atoms with Crippen molar-refractivity contribution in [3.63, 3.8) is 0 Å². The Morgan fingerprint density at radius 2 is 1.79 bits per heavy atom. The van der Waals surface area contributed by atoms with E-state index >= 15 is 0 Å². The van der Waals surface area contributed by atoms with Crippen LogP contribution in [-0.2, 0) is 9.59 Å². The van der Waals surface area contributed by atoms with E-state index in [1.54, 1.807) is 6.07 Å². The minimum absolute atomic E-state index is 0.0228. The summed E-state index contributed by atoms with van der Waals surface area (Å²) < 4.78 is 0. The molecular weight excluding hydrogens is 374 g/mol. The van der Waals surface area contributed by atoms with E-state index < -0.39 is 0 Å². The fraction of sp³-hybridized carbons (Fsp3) is 0.381. The van der Waals surface area contributed by atoms with Crippen LogP contribution in [0.3, 0.4) is 0 Å². The molecule has 148 valence electrons. The Morgan fingerprint density at radius 1 is 1.04 bits per heavy atom. The Hall–Kier alpha value is -2.67.